The van der Waals surface area contributed by atoms with Gasteiger partial charge in [0.05, 0.1) is 17.7 Å². The third kappa shape index (κ3) is 4.32. The summed E-state index contributed by atoms with van der Waals surface area (Å²) in [4.78, 5) is 16.4. The van der Waals surface area contributed by atoms with Gasteiger partial charge in [0.25, 0.3) is 5.91 Å². The van der Waals surface area contributed by atoms with E-state index in [0.717, 1.165) is 31.2 Å². The second kappa shape index (κ2) is 7.93. The molecule has 0 saturated heterocycles. The molecule has 2 N–H and O–H groups in total. The van der Waals surface area contributed by atoms with Crippen molar-refractivity contribution in [1.29, 1.82) is 0 Å². The molecular formula is C19H22N2O3. The predicted octanol–water partition coefficient (Wildman–Crippen LogP) is 2.69. The maximum Gasteiger partial charge on any atom is 0.253 e. The minimum Gasteiger partial charge on any atom is -0.473 e. The van der Waals surface area contributed by atoms with Crippen molar-refractivity contribution in [2.75, 3.05) is 0 Å². The molecule has 1 heterocycles. The summed E-state index contributed by atoms with van der Waals surface area (Å²) < 4.78 is 5.61. The number of pyridine rings is 1. The summed E-state index contributed by atoms with van der Waals surface area (Å²) >= 11 is 0. The molecule has 1 saturated carbocycles. The number of carbonyl (C=O) groups is 1. The van der Waals surface area contributed by atoms with Gasteiger partial charge in [-0.15, -0.1) is 0 Å². The van der Waals surface area contributed by atoms with Gasteiger partial charge in [0.1, 0.15) is 6.61 Å². The van der Waals surface area contributed by atoms with Crippen molar-refractivity contribution in [3.63, 3.8) is 0 Å². The van der Waals surface area contributed by atoms with E-state index in [-0.39, 0.29) is 11.9 Å². The highest BCUT2D eigenvalue weighted by Gasteiger charge is 2.24. The van der Waals surface area contributed by atoms with Gasteiger partial charge < -0.3 is 15.2 Å². The standard InChI is InChI=1S/C19H22N2O3/c22-17-9-5-4-8-16(17)21-19(23)15-10-11-18(20-12-15)24-13-14-6-2-1-3-7-14/h1-3,6-7,10-12,16-17,22H,4-5,8-9,13H2,(H,21,23). The molecule has 1 aromatic carbocycles. The number of amides is 1. The molecule has 0 radical (unpaired) electrons. The van der Waals surface area contributed by atoms with Crippen LogP contribution in [0.1, 0.15) is 41.6 Å². The number of carbonyl (C=O) groups excluding carboxylic acids is 1. The summed E-state index contributed by atoms with van der Waals surface area (Å²) in [7, 11) is 0. The van der Waals surface area contributed by atoms with Gasteiger partial charge in [-0.3, -0.25) is 4.79 Å². The van der Waals surface area contributed by atoms with Crippen molar-refractivity contribution >= 4 is 5.91 Å². The smallest absolute Gasteiger partial charge is 0.253 e. The summed E-state index contributed by atoms with van der Waals surface area (Å²) in [5, 5.41) is 12.8. The number of ether oxygens (including phenoxy) is 1. The number of nitrogens with zero attached hydrogens (tertiary/aromatic N) is 1. The van der Waals surface area contributed by atoms with Crippen molar-refractivity contribution < 1.29 is 14.6 Å². The topological polar surface area (TPSA) is 71.5 Å². The predicted molar refractivity (Wildman–Crippen MR) is 90.7 cm³/mol. The van der Waals surface area contributed by atoms with Crippen molar-refractivity contribution in [3.05, 3.63) is 59.8 Å². The minimum absolute atomic E-state index is 0.166. The Morgan fingerprint density at radius 1 is 1.17 bits per heavy atom. The van der Waals surface area contributed by atoms with Crippen molar-refractivity contribution in [2.45, 2.75) is 44.4 Å². The molecule has 1 amide bonds. The maximum absolute atomic E-state index is 12.2. The van der Waals surface area contributed by atoms with Crippen molar-refractivity contribution in [1.82, 2.24) is 10.3 Å². The third-order valence-electron chi connectivity index (χ3n) is 4.27. The molecule has 24 heavy (non-hydrogen) atoms. The van der Waals surface area contributed by atoms with E-state index in [2.05, 4.69) is 10.3 Å². The zero-order chi connectivity index (χ0) is 16.8. The van der Waals surface area contributed by atoms with Gasteiger partial charge in [-0.05, 0) is 24.5 Å². The van der Waals surface area contributed by atoms with Gasteiger partial charge in [-0.25, -0.2) is 4.98 Å². The highest BCUT2D eigenvalue weighted by atomic mass is 16.5. The van der Waals surface area contributed by atoms with E-state index in [0.29, 0.717) is 18.1 Å². The van der Waals surface area contributed by atoms with E-state index in [1.54, 1.807) is 12.1 Å². The lowest BCUT2D eigenvalue weighted by Gasteiger charge is -2.28. The van der Waals surface area contributed by atoms with Crippen LogP contribution < -0.4 is 10.1 Å². The Kier molecular flexibility index (Phi) is 5.43. The Morgan fingerprint density at radius 3 is 2.67 bits per heavy atom. The summed E-state index contributed by atoms with van der Waals surface area (Å²) in [6.07, 6.45) is 4.66. The van der Waals surface area contributed by atoms with E-state index in [1.165, 1.54) is 6.20 Å². The molecule has 2 unspecified atom stereocenters. The molecule has 0 aliphatic heterocycles. The number of aliphatic hydroxyl groups excluding tert-OH is 1. The van der Waals surface area contributed by atoms with Crippen LogP contribution >= 0.6 is 0 Å². The van der Waals surface area contributed by atoms with Crippen LogP contribution in [-0.4, -0.2) is 28.1 Å². The summed E-state index contributed by atoms with van der Waals surface area (Å²) in [5.74, 6) is 0.274. The zero-order valence-electron chi connectivity index (χ0n) is 13.5. The Morgan fingerprint density at radius 2 is 1.96 bits per heavy atom. The van der Waals surface area contributed by atoms with Gasteiger partial charge in [-0.1, -0.05) is 43.2 Å². The molecular weight excluding hydrogens is 304 g/mol. The molecule has 1 aliphatic rings. The van der Waals surface area contributed by atoms with Crippen LogP contribution in [0.3, 0.4) is 0 Å². The van der Waals surface area contributed by atoms with Crippen LogP contribution in [0.5, 0.6) is 5.88 Å². The lowest BCUT2D eigenvalue weighted by molar-refractivity contribution is 0.0717. The summed E-state index contributed by atoms with van der Waals surface area (Å²) in [6, 6.07) is 13.1. The van der Waals surface area contributed by atoms with Gasteiger partial charge >= 0.3 is 0 Å². The fourth-order valence-electron chi connectivity index (χ4n) is 2.86. The number of hydrogen-bond donors (Lipinski definition) is 2. The number of aromatic nitrogens is 1. The molecule has 2 atom stereocenters. The third-order valence-corrected chi connectivity index (χ3v) is 4.27. The van der Waals surface area contributed by atoms with Crippen LogP contribution in [-0.2, 0) is 6.61 Å². The molecule has 1 aromatic heterocycles. The van der Waals surface area contributed by atoms with Crippen LogP contribution in [0, 0.1) is 0 Å². The quantitative estimate of drug-likeness (QED) is 0.886. The van der Waals surface area contributed by atoms with Crippen molar-refractivity contribution in [2.24, 2.45) is 0 Å². The van der Waals surface area contributed by atoms with Crippen LogP contribution in [0.25, 0.3) is 0 Å². The Labute approximate surface area is 141 Å². The minimum atomic E-state index is -0.455. The van der Waals surface area contributed by atoms with E-state index >= 15 is 0 Å². The fourth-order valence-corrected chi connectivity index (χ4v) is 2.86. The first-order valence-corrected chi connectivity index (χ1v) is 8.34. The van der Waals surface area contributed by atoms with E-state index in [1.807, 2.05) is 30.3 Å². The summed E-state index contributed by atoms with van der Waals surface area (Å²) in [6.45, 7) is 0.438. The van der Waals surface area contributed by atoms with E-state index in [9.17, 15) is 9.90 Å². The normalized spacial score (nSPS) is 20.4. The number of rotatable bonds is 5. The second-order valence-corrected chi connectivity index (χ2v) is 6.09. The second-order valence-electron chi connectivity index (χ2n) is 6.09. The fraction of sp³-hybridized carbons (Fsp3) is 0.368. The zero-order valence-corrected chi connectivity index (χ0v) is 13.5. The van der Waals surface area contributed by atoms with Crippen molar-refractivity contribution in [3.8, 4) is 5.88 Å². The molecule has 3 rings (SSSR count). The molecule has 5 nitrogen and oxygen atoms in total. The van der Waals surface area contributed by atoms with E-state index < -0.39 is 6.10 Å². The maximum atomic E-state index is 12.2. The SMILES string of the molecule is O=C(NC1CCCCC1O)c1ccc(OCc2ccccc2)nc1. The van der Waals surface area contributed by atoms with Crippen LogP contribution in [0.2, 0.25) is 0 Å². The largest absolute Gasteiger partial charge is 0.473 e. The van der Waals surface area contributed by atoms with Gasteiger partial charge in [0.15, 0.2) is 0 Å². The first-order valence-electron chi connectivity index (χ1n) is 8.34. The average molecular weight is 326 g/mol. The van der Waals surface area contributed by atoms with Gasteiger partial charge in [0.2, 0.25) is 5.88 Å². The Balaban J connectivity index is 1.54. The lowest BCUT2D eigenvalue weighted by Crippen LogP contribution is -2.45. The first kappa shape index (κ1) is 16.5. The number of hydrogen-bond acceptors (Lipinski definition) is 4. The molecule has 1 fully saturated rings. The molecule has 126 valence electrons. The molecule has 1 aliphatic carbocycles. The lowest BCUT2D eigenvalue weighted by atomic mass is 9.92. The number of benzene rings is 1. The van der Waals surface area contributed by atoms with E-state index in [4.69, 9.17) is 4.74 Å². The molecule has 5 heteroatoms. The molecule has 0 spiro atoms. The Bertz CT molecular complexity index is 658. The van der Waals surface area contributed by atoms with Gasteiger partial charge in [0, 0.05) is 12.3 Å². The highest BCUT2D eigenvalue weighted by molar-refractivity contribution is 5.94. The van der Waals surface area contributed by atoms with Gasteiger partial charge in [-0.2, -0.15) is 0 Å². The number of nitrogens with one attached hydrogen (secondary N) is 1. The van der Waals surface area contributed by atoms with Crippen LogP contribution in [0.15, 0.2) is 48.7 Å². The first-order chi connectivity index (χ1) is 11.7. The van der Waals surface area contributed by atoms with Crippen LogP contribution in [0.4, 0.5) is 0 Å². The average Bonchev–Trinajstić information content (AvgIpc) is 2.63. The Hall–Kier alpha value is -2.40. The summed E-state index contributed by atoms with van der Waals surface area (Å²) in [5.41, 5.74) is 1.53. The number of aliphatic hydroxyl groups is 1. The monoisotopic (exact) mass is 326 g/mol. The highest BCUT2D eigenvalue weighted by Crippen LogP contribution is 2.19. The molecule has 2 aromatic rings. The molecule has 0 bridgehead atoms.